The van der Waals surface area contributed by atoms with E-state index >= 15 is 0 Å². The second kappa shape index (κ2) is 9.08. The number of carbonyl (C=O) groups is 2. The molecule has 33 heavy (non-hydrogen) atoms. The highest BCUT2D eigenvalue weighted by molar-refractivity contribution is 6.14. The number of ether oxygens (including phenoxy) is 4. The van der Waals surface area contributed by atoms with Crippen LogP contribution in [0.15, 0.2) is 66.4 Å². The normalized spacial score (nSPS) is 13.3. The molecule has 1 aliphatic heterocycles. The van der Waals surface area contributed by atoms with E-state index in [9.17, 15) is 9.59 Å². The highest BCUT2D eigenvalue weighted by Gasteiger charge is 2.28. The smallest absolute Gasteiger partial charge is 0.351 e. The Labute approximate surface area is 191 Å². The number of methoxy groups -OCH3 is 2. The fourth-order valence-electron chi connectivity index (χ4n) is 3.46. The first-order chi connectivity index (χ1) is 15.9. The number of hydrogen-bond acceptors (Lipinski definition) is 7. The van der Waals surface area contributed by atoms with E-state index in [1.807, 2.05) is 43.3 Å². The van der Waals surface area contributed by atoms with Gasteiger partial charge in [0, 0.05) is 25.8 Å². The van der Waals surface area contributed by atoms with Crippen LogP contribution in [0.1, 0.15) is 26.3 Å². The molecule has 0 bridgehead atoms. The topological polar surface area (TPSA) is 74.3 Å². The van der Waals surface area contributed by atoms with Crippen LogP contribution in [0.3, 0.4) is 0 Å². The van der Waals surface area contributed by atoms with Crippen LogP contribution >= 0.6 is 0 Å². The summed E-state index contributed by atoms with van der Waals surface area (Å²) in [5.74, 6) is 0.549. The van der Waals surface area contributed by atoms with E-state index in [-0.39, 0.29) is 22.9 Å². The number of allylic oxidation sites excluding steroid dienone is 1. The zero-order chi connectivity index (χ0) is 23.5. The Bertz CT molecular complexity index is 1220. The maximum atomic E-state index is 12.8. The molecule has 4 rings (SSSR count). The molecule has 0 spiro atoms. The van der Waals surface area contributed by atoms with E-state index in [2.05, 4.69) is 0 Å². The number of fused-ring (bicyclic) bond motifs is 1. The van der Waals surface area contributed by atoms with Gasteiger partial charge < -0.3 is 23.8 Å². The number of hydrogen-bond donors (Lipinski definition) is 0. The van der Waals surface area contributed by atoms with Crippen molar-refractivity contribution in [2.75, 3.05) is 33.2 Å². The van der Waals surface area contributed by atoms with Crippen LogP contribution in [0.2, 0.25) is 0 Å². The predicted molar refractivity (Wildman–Crippen MR) is 125 cm³/mol. The van der Waals surface area contributed by atoms with Gasteiger partial charge in [-0.25, -0.2) is 4.79 Å². The second-order valence-electron chi connectivity index (χ2n) is 7.51. The Balaban J connectivity index is 1.56. The van der Waals surface area contributed by atoms with Crippen molar-refractivity contribution in [3.05, 3.63) is 83.1 Å². The average Bonchev–Trinajstić information content (AvgIpc) is 3.13. The highest BCUT2D eigenvalue weighted by atomic mass is 16.5. The second-order valence-corrected chi connectivity index (χ2v) is 7.51. The van der Waals surface area contributed by atoms with Crippen molar-refractivity contribution in [3.63, 3.8) is 0 Å². The molecule has 0 N–H and O–H groups in total. The SMILES string of the molecule is COc1cccc(OC)c1C(=O)Oc1ccc2c(c1)O/C(=C\c1ccc(N(C)C)cc1)C2=O. The van der Waals surface area contributed by atoms with Crippen molar-refractivity contribution in [2.24, 2.45) is 0 Å². The van der Waals surface area contributed by atoms with Crippen molar-refractivity contribution in [1.82, 2.24) is 0 Å². The van der Waals surface area contributed by atoms with E-state index in [1.165, 1.54) is 20.3 Å². The summed E-state index contributed by atoms with van der Waals surface area (Å²) in [4.78, 5) is 27.6. The fraction of sp³-hybridized carbons (Fsp3) is 0.154. The summed E-state index contributed by atoms with van der Waals surface area (Å²) in [6.07, 6.45) is 1.69. The summed E-state index contributed by atoms with van der Waals surface area (Å²) in [5, 5.41) is 0. The molecule has 7 nitrogen and oxygen atoms in total. The Morgan fingerprint density at radius 2 is 1.61 bits per heavy atom. The number of anilines is 1. The van der Waals surface area contributed by atoms with Gasteiger partial charge in [0.05, 0.1) is 19.8 Å². The molecular formula is C26H23NO6. The average molecular weight is 445 g/mol. The van der Waals surface area contributed by atoms with E-state index in [4.69, 9.17) is 18.9 Å². The molecule has 0 amide bonds. The van der Waals surface area contributed by atoms with Gasteiger partial charge in [-0.1, -0.05) is 18.2 Å². The first-order valence-corrected chi connectivity index (χ1v) is 10.2. The lowest BCUT2D eigenvalue weighted by molar-refractivity contribution is 0.0727. The van der Waals surface area contributed by atoms with Crippen LogP contribution in [-0.2, 0) is 0 Å². The summed E-state index contributed by atoms with van der Waals surface area (Å²) in [6, 6.07) is 17.4. The van der Waals surface area contributed by atoms with E-state index in [1.54, 1.807) is 36.4 Å². The monoisotopic (exact) mass is 445 g/mol. The van der Waals surface area contributed by atoms with Crippen molar-refractivity contribution >= 4 is 23.5 Å². The molecule has 3 aromatic rings. The maximum absolute atomic E-state index is 12.8. The van der Waals surface area contributed by atoms with Crippen molar-refractivity contribution in [1.29, 1.82) is 0 Å². The molecule has 0 aromatic heterocycles. The minimum absolute atomic E-state index is 0.168. The largest absolute Gasteiger partial charge is 0.496 e. The lowest BCUT2D eigenvalue weighted by atomic mass is 10.1. The fourth-order valence-corrected chi connectivity index (χ4v) is 3.46. The van der Waals surface area contributed by atoms with Crippen LogP contribution in [0.4, 0.5) is 5.69 Å². The summed E-state index contributed by atoms with van der Waals surface area (Å²) in [6.45, 7) is 0. The molecule has 0 saturated carbocycles. The Kier molecular flexibility index (Phi) is 6.04. The van der Waals surface area contributed by atoms with Gasteiger partial charge in [0.2, 0.25) is 5.78 Å². The summed E-state index contributed by atoms with van der Waals surface area (Å²) in [7, 11) is 6.84. The van der Waals surface area contributed by atoms with Crippen LogP contribution in [0, 0.1) is 0 Å². The molecule has 0 radical (unpaired) electrons. The minimum atomic E-state index is -0.648. The Hall–Kier alpha value is -4.26. The van der Waals surface area contributed by atoms with Crippen molar-refractivity contribution in [2.45, 2.75) is 0 Å². The molecule has 0 saturated heterocycles. The molecule has 1 heterocycles. The van der Waals surface area contributed by atoms with Gasteiger partial charge in [0.15, 0.2) is 5.76 Å². The zero-order valence-corrected chi connectivity index (χ0v) is 18.7. The van der Waals surface area contributed by atoms with Crippen molar-refractivity contribution in [3.8, 4) is 23.0 Å². The molecular weight excluding hydrogens is 422 g/mol. The summed E-state index contributed by atoms with van der Waals surface area (Å²) >= 11 is 0. The number of carbonyl (C=O) groups excluding carboxylic acids is 2. The van der Waals surface area contributed by atoms with E-state index < -0.39 is 5.97 Å². The molecule has 168 valence electrons. The highest BCUT2D eigenvalue weighted by Crippen LogP contribution is 2.36. The number of benzene rings is 3. The summed E-state index contributed by atoms with van der Waals surface area (Å²) < 4.78 is 21.8. The third kappa shape index (κ3) is 4.39. The third-order valence-electron chi connectivity index (χ3n) is 5.19. The standard InChI is InChI=1S/C26H23NO6/c1-27(2)17-10-8-16(9-11-17)14-23-25(28)19-13-12-18(15-22(19)33-23)32-26(29)24-20(30-3)6-5-7-21(24)31-4/h5-15H,1-4H3/b23-14-. The third-order valence-corrected chi connectivity index (χ3v) is 5.19. The van der Waals surface area contributed by atoms with Gasteiger partial charge in [0.1, 0.15) is 28.6 Å². The number of ketones is 1. The maximum Gasteiger partial charge on any atom is 0.351 e. The molecule has 0 atom stereocenters. The van der Waals surface area contributed by atoms with Gasteiger partial charge in [0.25, 0.3) is 0 Å². The van der Waals surface area contributed by atoms with Crippen LogP contribution in [0.5, 0.6) is 23.0 Å². The molecule has 3 aromatic carbocycles. The number of Topliss-reactive ketones (excluding diaryl/α,β-unsaturated/α-hetero) is 1. The first-order valence-electron chi connectivity index (χ1n) is 10.2. The molecule has 7 heteroatoms. The van der Waals surface area contributed by atoms with Gasteiger partial charge in [-0.05, 0) is 48.0 Å². The van der Waals surface area contributed by atoms with Crippen LogP contribution in [-0.4, -0.2) is 40.1 Å². The van der Waals surface area contributed by atoms with Crippen LogP contribution < -0.4 is 23.8 Å². The molecule has 0 fully saturated rings. The predicted octanol–water partition coefficient (Wildman–Crippen LogP) is 4.61. The summed E-state index contributed by atoms with van der Waals surface area (Å²) in [5.41, 5.74) is 2.46. The van der Waals surface area contributed by atoms with Gasteiger partial charge >= 0.3 is 5.97 Å². The van der Waals surface area contributed by atoms with Gasteiger partial charge in [-0.3, -0.25) is 4.79 Å². The zero-order valence-electron chi connectivity index (χ0n) is 18.7. The molecule has 0 unspecified atom stereocenters. The van der Waals surface area contributed by atoms with Crippen molar-refractivity contribution < 1.29 is 28.5 Å². The van der Waals surface area contributed by atoms with Gasteiger partial charge in [-0.15, -0.1) is 0 Å². The first kappa shape index (κ1) is 22.0. The number of esters is 1. The lowest BCUT2D eigenvalue weighted by Crippen LogP contribution is -2.12. The quantitative estimate of drug-likeness (QED) is 0.312. The Morgan fingerprint density at radius 1 is 0.939 bits per heavy atom. The minimum Gasteiger partial charge on any atom is -0.496 e. The van der Waals surface area contributed by atoms with Gasteiger partial charge in [-0.2, -0.15) is 0 Å². The molecule has 1 aliphatic rings. The lowest BCUT2D eigenvalue weighted by Gasteiger charge is -2.12. The van der Waals surface area contributed by atoms with E-state index in [0.717, 1.165) is 11.3 Å². The van der Waals surface area contributed by atoms with E-state index in [0.29, 0.717) is 22.8 Å². The number of nitrogens with zero attached hydrogens (tertiary/aromatic N) is 1. The van der Waals surface area contributed by atoms with Crippen LogP contribution in [0.25, 0.3) is 6.08 Å². The molecule has 0 aliphatic carbocycles. The Morgan fingerprint density at radius 3 is 2.21 bits per heavy atom. The number of rotatable bonds is 6.